The summed E-state index contributed by atoms with van der Waals surface area (Å²) in [6.07, 6.45) is 0.704. The molecule has 13 heteroatoms. The number of fused-ring (bicyclic) bond motifs is 3. The Bertz CT molecular complexity index is 2360. The molecular weight excluding hydrogens is 765 g/mol. The topological polar surface area (TPSA) is 175 Å². The van der Waals surface area contributed by atoms with E-state index in [2.05, 4.69) is 29.1 Å². The number of ether oxygens (including phenoxy) is 2. The van der Waals surface area contributed by atoms with Gasteiger partial charge in [0.15, 0.2) is 0 Å². The van der Waals surface area contributed by atoms with Crippen molar-refractivity contribution in [3.05, 3.63) is 144 Å². The van der Waals surface area contributed by atoms with Gasteiger partial charge in [0.1, 0.15) is 29.4 Å². The van der Waals surface area contributed by atoms with E-state index in [9.17, 15) is 24.6 Å². The molecule has 2 fully saturated rings. The SMILES string of the molecule is C=CCNC(=O)[C@H]1[C@@H]2C(=O)O[C@@H](c3ccccc3)[C@@H](c3ccccc3)N2[C@@H](c2ccc(O)cc2)[C@]12C(=O)N(C(=O)N[C@H](C(=O)OC)C(C)C)c1ccc(C#CCCO)cc12. The first-order valence-corrected chi connectivity index (χ1v) is 19.7. The van der Waals surface area contributed by atoms with E-state index in [1.807, 2.05) is 65.6 Å². The second kappa shape index (κ2) is 17.2. The number of imide groups is 1. The second-order valence-electron chi connectivity index (χ2n) is 15.2. The lowest BCUT2D eigenvalue weighted by Crippen LogP contribution is -2.57. The van der Waals surface area contributed by atoms with Crippen molar-refractivity contribution >= 4 is 35.5 Å². The van der Waals surface area contributed by atoms with Crippen LogP contribution in [0.25, 0.3) is 0 Å². The van der Waals surface area contributed by atoms with Crippen molar-refractivity contribution in [2.75, 3.05) is 25.2 Å². The number of nitrogens with one attached hydrogen (secondary N) is 2. The molecule has 0 bridgehead atoms. The zero-order chi connectivity index (χ0) is 42.7. The molecule has 7 rings (SSSR count). The Hall–Kier alpha value is -6.75. The fourth-order valence-electron chi connectivity index (χ4n) is 8.97. The highest BCUT2D eigenvalue weighted by Gasteiger charge is 2.75. The van der Waals surface area contributed by atoms with Gasteiger partial charge in [-0.05, 0) is 58.5 Å². The van der Waals surface area contributed by atoms with Gasteiger partial charge in [0, 0.05) is 18.5 Å². The van der Waals surface area contributed by atoms with Crippen LogP contribution in [0.5, 0.6) is 5.75 Å². The van der Waals surface area contributed by atoms with Crippen LogP contribution in [0.4, 0.5) is 10.5 Å². The third kappa shape index (κ3) is 7.07. The van der Waals surface area contributed by atoms with Crippen molar-refractivity contribution in [1.82, 2.24) is 15.5 Å². The second-order valence-corrected chi connectivity index (χ2v) is 15.2. The first-order valence-electron chi connectivity index (χ1n) is 19.7. The summed E-state index contributed by atoms with van der Waals surface area (Å²) in [5.74, 6) is 0.874. The van der Waals surface area contributed by atoms with Gasteiger partial charge in [-0.3, -0.25) is 19.3 Å². The summed E-state index contributed by atoms with van der Waals surface area (Å²) >= 11 is 0. The number of rotatable bonds is 10. The van der Waals surface area contributed by atoms with Crippen LogP contribution in [0.3, 0.4) is 0 Å². The van der Waals surface area contributed by atoms with Crippen LogP contribution >= 0.6 is 0 Å². The number of carbonyl (C=O) groups is 5. The Kier molecular flexibility index (Phi) is 11.9. The molecule has 7 atom stereocenters. The van der Waals surface area contributed by atoms with E-state index in [1.54, 1.807) is 44.2 Å². The van der Waals surface area contributed by atoms with Crippen molar-refractivity contribution in [2.24, 2.45) is 11.8 Å². The molecular formula is C47H46N4O9. The highest BCUT2D eigenvalue weighted by atomic mass is 16.6. The van der Waals surface area contributed by atoms with Gasteiger partial charge in [0.05, 0.1) is 37.4 Å². The first kappa shape index (κ1) is 41.4. The molecule has 4 amide bonds. The van der Waals surface area contributed by atoms with Crippen molar-refractivity contribution < 1.29 is 43.7 Å². The number of aliphatic hydroxyl groups excluding tert-OH is 1. The minimum Gasteiger partial charge on any atom is -0.508 e. The number of aromatic hydroxyl groups is 1. The van der Waals surface area contributed by atoms with Crippen LogP contribution in [-0.4, -0.2) is 77.2 Å². The molecule has 4 aromatic carbocycles. The molecule has 4 aromatic rings. The average Bonchev–Trinajstić information content (AvgIpc) is 3.71. The number of cyclic esters (lactones) is 1. The maximum atomic E-state index is 16.1. The molecule has 4 N–H and O–H groups in total. The molecule has 13 nitrogen and oxygen atoms in total. The molecule has 1 spiro atoms. The number of phenols is 1. The van der Waals surface area contributed by atoms with E-state index in [4.69, 9.17) is 9.47 Å². The third-order valence-electron chi connectivity index (χ3n) is 11.4. The van der Waals surface area contributed by atoms with E-state index in [1.165, 1.54) is 25.3 Å². The number of esters is 2. The summed E-state index contributed by atoms with van der Waals surface area (Å²) in [5, 5.41) is 25.7. The van der Waals surface area contributed by atoms with Gasteiger partial charge in [-0.1, -0.05) is 105 Å². The molecule has 2 saturated heterocycles. The van der Waals surface area contributed by atoms with E-state index in [0.29, 0.717) is 16.7 Å². The maximum absolute atomic E-state index is 16.1. The monoisotopic (exact) mass is 810 g/mol. The van der Waals surface area contributed by atoms with Gasteiger partial charge in [-0.25, -0.2) is 14.5 Å². The Balaban J connectivity index is 1.58. The van der Waals surface area contributed by atoms with Crippen LogP contribution in [-0.2, 0) is 34.1 Å². The number of anilines is 1. The lowest BCUT2D eigenvalue weighted by atomic mass is 9.65. The predicted octanol–water partition coefficient (Wildman–Crippen LogP) is 5.00. The molecule has 0 aromatic heterocycles. The number of morpholine rings is 1. The smallest absolute Gasteiger partial charge is 0.329 e. The standard InChI is InChI=1S/C47H46N4O9/c1-5-25-48-42(54)36-39-44(56)60-40(31-17-10-7-11-18-31)38(30-15-8-6-9-16-30)51(39)41(32-20-22-33(53)23-21-32)47(36)34-27-29(14-12-13-26-52)19-24-35(34)50(45(47)57)46(58)49-37(28(2)3)43(55)59-4/h5-11,15-24,27-28,36-41,52-53H,1,13,25-26H2,2-4H3,(H,48,54)(H,49,58)/t36-,37+,38-,39-,40+,41+,47-/m1/s1. The van der Waals surface area contributed by atoms with Crippen LogP contribution in [0, 0.1) is 23.7 Å². The largest absolute Gasteiger partial charge is 0.508 e. The van der Waals surface area contributed by atoms with Gasteiger partial charge in [-0.2, -0.15) is 0 Å². The van der Waals surface area contributed by atoms with E-state index < -0.39 is 77.3 Å². The molecule has 60 heavy (non-hydrogen) atoms. The summed E-state index contributed by atoms with van der Waals surface area (Å²) in [6, 6.07) is 24.0. The highest BCUT2D eigenvalue weighted by molar-refractivity contribution is 6.25. The number of methoxy groups -OCH3 is 1. The van der Waals surface area contributed by atoms with E-state index >= 15 is 9.59 Å². The molecule has 0 radical (unpaired) electrons. The van der Waals surface area contributed by atoms with Gasteiger partial charge >= 0.3 is 18.0 Å². The van der Waals surface area contributed by atoms with Crippen LogP contribution in [0.2, 0.25) is 0 Å². The molecule has 3 aliphatic rings. The Labute approximate surface area is 348 Å². The van der Waals surface area contributed by atoms with Crippen molar-refractivity contribution in [3.8, 4) is 17.6 Å². The number of hydrogen-bond acceptors (Lipinski definition) is 10. The average molecular weight is 811 g/mol. The Morgan fingerprint density at radius 2 is 1.60 bits per heavy atom. The number of hydrogen-bond donors (Lipinski definition) is 4. The first-order chi connectivity index (χ1) is 29.0. The summed E-state index contributed by atoms with van der Waals surface area (Å²) in [7, 11) is 1.20. The summed E-state index contributed by atoms with van der Waals surface area (Å²) in [6.45, 7) is 6.99. The number of benzene rings is 4. The van der Waals surface area contributed by atoms with Gasteiger partial charge < -0.3 is 30.3 Å². The molecule has 0 unspecified atom stereocenters. The van der Waals surface area contributed by atoms with E-state index in [-0.39, 0.29) is 36.6 Å². The molecule has 3 heterocycles. The van der Waals surface area contributed by atoms with Crippen molar-refractivity contribution in [1.29, 1.82) is 0 Å². The number of nitrogens with zero attached hydrogens (tertiary/aromatic N) is 2. The Morgan fingerprint density at radius 1 is 0.933 bits per heavy atom. The minimum atomic E-state index is -2.07. The molecule has 3 aliphatic heterocycles. The minimum absolute atomic E-state index is 0.0149. The van der Waals surface area contributed by atoms with Crippen molar-refractivity contribution in [2.45, 2.75) is 56.0 Å². The summed E-state index contributed by atoms with van der Waals surface area (Å²) < 4.78 is 11.4. The van der Waals surface area contributed by atoms with Crippen LogP contribution < -0.4 is 15.5 Å². The summed E-state index contributed by atoms with van der Waals surface area (Å²) in [4.78, 5) is 76.7. The normalized spacial score (nSPS) is 23.5. The number of carbonyl (C=O) groups excluding carboxylic acids is 5. The number of phenolic OH excluding ortho intramolecular Hbond substituents is 1. The number of amides is 4. The van der Waals surface area contributed by atoms with Crippen LogP contribution in [0.1, 0.15) is 66.3 Å². The zero-order valence-corrected chi connectivity index (χ0v) is 33.4. The fourth-order valence-corrected chi connectivity index (χ4v) is 8.97. The molecule has 0 saturated carbocycles. The lowest BCUT2D eigenvalue weighted by molar-refractivity contribution is -0.178. The fraction of sp³-hybridized carbons (Fsp3) is 0.298. The molecule has 308 valence electrons. The van der Waals surface area contributed by atoms with E-state index in [0.717, 1.165) is 10.5 Å². The highest BCUT2D eigenvalue weighted by Crippen LogP contribution is 2.66. The van der Waals surface area contributed by atoms with Crippen LogP contribution in [0.15, 0.2) is 116 Å². The van der Waals surface area contributed by atoms with Gasteiger partial charge in [0.25, 0.3) is 0 Å². The zero-order valence-electron chi connectivity index (χ0n) is 33.4. The van der Waals surface area contributed by atoms with Gasteiger partial charge in [-0.15, -0.1) is 6.58 Å². The predicted molar refractivity (Wildman–Crippen MR) is 221 cm³/mol. The number of aliphatic hydroxyl groups is 1. The lowest BCUT2D eigenvalue weighted by Gasteiger charge is -2.46. The van der Waals surface area contributed by atoms with Gasteiger partial charge in [0.2, 0.25) is 11.8 Å². The number of urea groups is 1. The summed E-state index contributed by atoms with van der Waals surface area (Å²) in [5.41, 5.74) is 0.509. The van der Waals surface area contributed by atoms with Crippen molar-refractivity contribution in [3.63, 3.8) is 0 Å². The maximum Gasteiger partial charge on any atom is 0.329 e. The molecule has 0 aliphatic carbocycles. The third-order valence-corrected chi connectivity index (χ3v) is 11.4. The Morgan fingerprint density at radius 3 is 2.22 bits per heavy atom. The quantitative estimate of drug-likeness (QED) is 0.0970.